The van der Waals surface area contributed by atoms with Crippen molar-refractivity contribution in [3.8, 4) is 0 Å². The van der Waals surface area contributed by atoms with Crippen LogP contribution in [0, 0.1) is 5.82 Å². The van der Waals surface area contributed by atoms with Crippen LogP contribution in [0.25, 0.3) is 0 Å². The van der Waals surface area contributed by atoms with Crippen LogP contribution in [0.1, 0.15) is 0 Å². The fourth-order valence-electron chi connectivity index (χ4n) is 1.97. The van der Waals surface area contributed by atoms with E-state index >= 15 is 0 Å². The van der Waals surface area contributed by atoms with Gasteiger partial charge in [0.2, 0.25) is 15.9 Å². The molecule has 1 aromatic carbocycles. The third kappa shape index (κ3) is 2.74. The van der Waals surface area contributed by atoms with Gasteiger partial charge in [-0.25, -0.2) is 12.8 Å². The summed E-state index contributed by atoms with van der Waals surface area (Å²) in [4.78, 5) is 11.0. The number of rotatable bonds is 3. The highest BCUT2D eigenvalue weighted by atomic mass is 32.2. The van der Waals surface area contributed by atoms with E-state index in [1.165, 1.54) is 0 Å². The molecule has 1 amide bonds. The van der Waals surface area contributed by atoms with Gasteiger partial charge in [0.25, 0.3) is 0 Å². The number of halogens is 1. The van der Waals surface area contributed by atoms with Gasteiger partial charge in [-0.15, -0.1) is 0 Å². The van der Waals surface area contributed by atoms with Gasteiger partial charge in [0.15, 0.2) is 0 Å². The van der Waals surface area contributed by atoms with Gasteiger partial charge >= 0.3 is 0 Å². The number of anilines is 1. The normalized spacial score (nSPS) is 20.8. The Bertz CT molecular complexity index is 614. The van der Waals surface area contributed by atoms with Crippen LogP contribution >= 0.6 is 0 Å². The summed E-state index contributed by atoms with van der Waals surface area (Å²) in [7, 11) is -4.07. The number of sulfonamides is 1. The number of hydrogen-bond acceptors (Lipinski definition) is 5. The zero-order valence-electron chi connectivity index (χ0n) is 10.5. The lowest BCUT2D eigenvalue weighted by molar-refractivity contribution is -0.125. The lowest BCUT2D eigenvalue weighted by Crippen LogP contribution is -2.54. The topological polar surface area (TPSA) is 116 Å². The molecule has 0 aliphatic carbocycles. The van der Waals surface area contributed by atoms with E-state index in [4.69, 9.17) is 16.2 Å². The molecule has 0 spiro atoms. The molecule has 110 valence electrons. The molecule has 1 aromatic rings. The van der Waals surface area contributed by atoms with Crippen LogP contribution in [0.5, 0.6) is 0 Å². The largest absolute Gasteiger partial charge is 0.399 e. The first kappa shape index (κ1) is 14.7. The summed E-state index contributed by atoms with van der Waals surface area (Å²) in [5.41, 5.74) is 10.6. The van der Waals surface area contributed by atoms with Crippen molar-refractivity contribution in [2.24, 2.45) is 5.73 Å². The van der Waals surface area contributed by atoms with E-state index < -0.39 is 27.8 Å². The van der Waals surface area contributed by atoms with Crippen LogP contribution in [0.2, 0.25) is 0 Å². The molecule has 9 heteroatoms. The van der Waals surface area contributed by atoms with E-state index in [0.717, 1.165) is 22.5 Å². The SMILES string of the molecule is NC(=O)C1COCCN1S(=O)(=O)c1cc(N)cc(F)c1. The lowest BCUT2D eigenvalue weighted by atomic mass is 10.3. The lowest BCUT2D eigenvalue weighted by Gasteiger charge is -2.32. The first-order valence-corrected chi connectivity index (χ1v) is 7.21. The predicted octanol–water partition coefficient (Wildman–Crippen LogP) is -0.717. The van der Waals surface area contributed by atoms with Gasteiger partial charge in [0, 0.05) is 12.2 Å². The maximum absolute atomic E-state index is 13.3. The van der Waals surface area contributed by atoms with Gasteiger partial charge in [-0.05, 0) is 18.2 Å². The molecule has 1 aliphatic heterocycles. The van der Waals surface area contributed by atoms with E-state index in [-0.39, 0.29) is 30.3 Å². The summed E-state index contributed by atoms with van der Waals surface area (Å²) in [5.74, 6) is -1.59. The van der Waals surface area contributed by atoms with Crippen LogP contribution < -0.4 is 11.5 Å². The number of morpholine rings is 1. The van der Waals surface area contributed by atoms with Gasteiger partial charge in [0.1, 0.15) is 11.9 Å². The van der Waals surface area contributed by atoms with Crippen molar-refractivity contribution in [2.75, 3.05) is 25.5 Å². The van der Waals surface area contributed by atoms with Gasteiger partial charge in [-0.1, -0.05) is 0 Å². The molecule has 2 rings (SSSR count). The van der Waals surface area contributed by atoms with Crippen molar-refractivity contribution >= 4 is 21.6 Å². The highest BCUT2D eigenvalue weighted by molar-refractivity contribution is 7.89. The van der Waals surface area contributed by atoms with Gasteiger partial charge in [-0.3, -0.25) is 4.79 Å². The molecule has 0 radical (unpaired) electrons. The van der Waals surface area contributed by atoms with Crippen molar-refractivity contribution < 1.29 is 22.3 Å². The van der Waals surface area contributed by atoms with Gasteiger partial charge in [-0.2, -0.15) is 4.31 Å². The Balaban J connectivity index is 2.44. The molecular formula is C11H14FN3O4S. The Morgan fingerprint density at radius 1 is 1.40 bits per heavy atom. The fraction of sp³-hybridized carbons (Fsp3) is 0.364. The molecule has 1 aliphatic rings. The predicted molar refractivity (Wildman–Crippen MR) is 68.5 cm³/mol. The number of primary amides is 1. The maximum Gasteiger partial charge on any atom is 0.244 e. The molecule has 4 N–H and O–H groups in total. The molecular weight excluding hydrogens is 289 g/mol. The summed E-state index contributed by atoms with van der Waals surface area (Å²) in [6, 6.07) is 1.87. The van der Waals surface area contributed by atoms with Crippen molar-refractivity contribution in [3.63, 3.8) is 0 Å². The van der Waals surface area contributed by atoms with Crippen molar-refractivity contribution in [3.05, 3.63) is 24.0 Å². The van der Waals surface area contributed by atoms with Crippen LogP contribution in [-0.4, -0.2) is 44.4 Å². The molecule has 1 unspecified atom stereocenters. The molecule has 1 fully saturated rings. The number of nitrogens with two attached hydrogens (primary N) is 2. The highest BCUT2D eigenvalue weighted by Gasteiger charge is 2.37. The molecule has 1 saturated heterocycles. The summed E-state index contributed by atoms with van der Waals surface area (Å²) >= 11 is 0. The third-order valence-corrected chi connectivity index (χ3v) is 4.79. The second-order valence-corrected chi connectivity index (χ2v) is 6.22. The standard InChI is InChI=1S/C11H14FN3O4S/c12-7-3-8(13)5-9(4-7)20(17,18)15-1-2-19-6-10(15)11(14)16/h3-5,10H,1-2,6,13H2,(H2,14,16). The first-order chi connectivity index (χ1) is 9.32. The molecule has 1 atom stereocenters. The Hall–Kier alpha value is -1.71. The summed E-state index contributed by atoms with van der Waals surface area (Å²) in [6.45, 7) is -0.0282. The van der Waals surface area contributed by atoms with Gasteiger partial charge < -0.3 is 16.2 Å². The van der Waals surface area contributed by atoms with Crippen molar-refractivity contribution in [1.29, 1.82) is 0 Å². The number of amides is 1. The number of benzene rings is 1. The zero-order valence-corrected chi connectivity index (χ0v) is 11.3. The molecule has 0 bridgehead atoms. The third-order valence-electron chi connectivity index (χ3n) is 2.91. The summed E-state index contributed by atoms with van der Waals surface area (Å²) < 4.78 is 44.2. The van der Waals surface area contributed by atoms with E-state index in [1.54, 1.807) is 0 Å². The first-order valence-electron chi connectivity index (χ1n) is 5.77. The van der Waals surface area contributed by atoms with E-state index in [2.05, 4.69) is 0 Å². The van der Waals surface area contributed by atoms with Crippen LogP contribution in [0.4, 0.5) is 10.1 Å². The minimum atomic E-state index is -4.07. The molecule has 0 saturated carbocycles. The second kappa shape index (κ2) is 5.35. The minimum Gasteiger partial charge on any atom is -0.399 e. The van der Waals surface area contributed by atoms with Gasteiger partial charge in [0.05, 0.1) is 18.1 Å². The fourth-order valence-corrected chi connectivity index (χ4v) is 3.60. The minimum absolute atomic E-state index is 0.0209. The van der Waals surface area contributed by atoms with Crippen LogP contribution in [0.3, 0.4) is 0 Å². The zero-order chi connectivity index (χ0) is 14.9. The number of ether oxygens (including phenoxy) is 1. The number of hydrogen-bond donors (Lipinski definition) is 2. The maximum atomic E-state index is 13.3. The van der Waals surface area contributed by atoms with E-state index in [1.807, 2.05) is 0 Å². The highest BCUT2D eigenvalue weighted by Crippen LogP contribution is 2.23. The molecule has 7 nitrogen and oxygen atoms in total. The van der Waals surface area contributed by atoms with Crippen molar-refractivity contribution in [1.82, 2.24) is 4.31 Å². The van der Waals surface area contributed by atoms with E-state index in [9.17, 15) is 17.6 Å². The summed E-state index contributed by atoms with van der Waals surface area (Å²) in [5, 5.41) is 0. The second-order valence-electron chi connectivity index (χ2n) is 4.33. The van der Waals surface area contributed by atoms with Crippen LogP contribution in [0.15, 0.2) is 23.1 Å². The molecule has 1 heterocycles. The smallest absolute Gasteiger partial charge is 0.244 e. The van der Waals surface area contributed by atoms with Crippen LogP contribution in [-0.2, 0) is 19.6 Å². The average molecular weight is 303 g/mol. The Morgan fingerprint density at radius 3 is 2.70 bits per heavy atom. The Morgan fingerprint density at radius 2 is 2.10 bits per heavy atom. The average Bonchev–Trinajstić information content (AvgIpc) is 2.37. The Kier molecular flexibility index (Phi) is 3.93. The summed E-state index contributed by atoms with van der Waals surface area (Å²) in [6.07, 6.45) is 0. The number of carbonyl (C=O) groups excluding carboxylic acids is 1. The Labute approximate surface area is 115 Å². The number of nitrogens with zero attached hydrogens (tertiary/aromatic N) is 1. The van der Waals surface area contributed by atoms with Crippen molar-refractivity contribution in [2.45, 2.75) is 10.9 Å². The quantitative estimate of drug-likeness (QED) is 0.715. The molecule has 0 aromatic heterocycles. The number of nitrogen functional groups attached to an aromatic ring is 1. The molecule has 20 heavy (non-hydrogen) atoms. The van der Waals surface area contributed by atoms with E-state index in [0.29, 0.717) is 0 Å². The number of carbonyl (C=O) groups is 1. The monoisotopic (exact) mass is 303 g/mol.